The number of hydrogen-bond acceptors (Lipinski definition) is 7. The molecule has 34 heavy (non-hydrogen) atoms. The van der Waals surface area contributed by atoms with Gasteiger partial charge in [-0.1, -0.05) is 29.8 Å². The highest BCUT2D eigenvalue weighted by atomic mass is 16.5. The van der Waals surface area contributed by atoms with E-state index in [2.05, 4.69) is 0 Å². The first kappa shape index (κ1) is 25.1. The average Bonchev–Trinajstić information content (AvgIpc) is 3.07. The third-order valence-corrected chi connectivity index (χ3v) is 5.87. The summed E-state index contributed by atoms with van der Waals surface area (Å²) in [6.45, 7) is 3.01. The van der Waals surface area contributed by atoms with Gasteiger partial charge in [-0.2, -0.15) is 0 Å². The molecule has 0 aromatic heterocycles. The van der Waals surface area contributed by atoms with Crippen LogP contribution in [0.2, 0.25) is 0 Å². The first-order valence-corrected chi connectivity index (χ1v) is 11.0. The molecule has 1 atom stereocenters. The maximum Gasteiger partial charge on any atom is 0.295 e. The zero-order valence-electron chi connectivity index (χ0n) is 20.5. The molecule has 0 aliphatic carbocycles. The third-order valence-electron chi connectivity index (χ3n) is 5.87. The van der Waals surface area contributed by atoms with E-state index in [-0.39, 0.29) is 11.3 Å². The summed E-state index contributed by atoms with van der Waals surface area (Å²) in [6.07, 6.45) is 0.658. The van der Waals surface area contributed by atoms with Gasteiger partial charge in [0.25, 0.3) is 11.7 Å². The minimum atomic E-state index is -0.808. The number of amides is 1. The lowest BCUT2D eigenvalue weighted by Crippen LogP contribution is -2.32. The molecule has 1 heterocycles. The van der Waals surface area contributed by atoms with Crippen LogP contribution in [0.4, 0.5) is 0 Å². The Balaban J connectivity index is 2.21. The summed E-state index contributed by atoms with van der Waals surface area (Å²) in [5, 5.41) is 11.2. The number of aryl methyl sites for hydroxylation is 1. The SMILES string of the molecule is COc1cc([C@@H]2/C(=C(\O)c3ccc(C)cc3)C(=O)C(=O)N2CCCN(C)C)cc(OC)c1OC. The Bertz CT molecular complexity index is 1070. The third kappa shape index (κ3) is 4.87. The first-order chi connectivity index (χ1) is 16.2. The summed E-state index contributed by atoms with van der Waals surface area (Å²) < 4.78 is 16.4. The molecule has 3 rings (SSSR count). The maximum atomic E-state index is 13.2. The van der Waals surface area contributed by atoms with E-state index in [1.165, 1.54) is 26.2 Å². The molecule has 0 bridgehead atoms. The number of nitrogens with zero attached hydrogens (tertiary/aromatic N) is 2. The number of ether oxygens (including phenoxy) is 3. The number of aliphatic hydroxyl groups excluding tert-OH is 1. The van der Waals surface area contributed by atoms with Crippen LogP contribution in [0.3, 0.4) is 0 Å². The topological polar surface area (TPSA) is 88.5 Å². The molecule has 1 fully saturated rings. The molecule has 0 unspecified atom stereocenters. The number of hydrogen-bond donors (Lipinski definition) is 1. The van der Waals surface area contributed by atoms with Gasteiger partial charge in [0, 0.05) is 12.1 Å². The normalized spacial score (nSPS) is 17.4. The van der Waals surface area contributed by atoms with E-state index in [9.17, 15) is 14.7 Å². The van der Waals surface area contributed by atoms with Gasteiger partial charge in [-0.25, -0.2) is 0 Å². The Kier molecular flexibility index (Phi) is 7.83. The van der Waals surface area contributed by atoms with Gasteiger partial charge in [0.15, 0.2) is 11.5 Å². The van der Waals surface area contributed by atoms with Crippen LogP contribution >= 0.6 is 0 Å². The smallest absolute Gasteiger partial charge is 0.295 e. The van der Waals surface area contributed by atoms with Crippen molar-refractivity contribution in [1.82, 2.24) is 9.80 Å². The second kappa shape index (κ2) is 10.6. The van der Waals surface area contributed by atoms with Crippen molar-refractivity contribution < 1.29 is 28.9 Å². The predicted octanol–water partition coefficient (Wildman–Crippen LogP) is 3.39. The average molecular weight is 469 g/mol. The molecule has 1 N–H and O–H groups in total. The van der Waals surface area contributed by atoms with Crippen molar-refractivity contribution in [1.29, 1.82) is 0 Å². The van der Waals surface area contributed by atoms with Gasteiger partial charge >= 0.3 is 0 Å². The number of methoxy groups -OCH3 is 3. The lowest BCUT2D eigenvalue weighted by Gasteiger charge is -2.27. The largest absolute Gasteiger partial charge is 0.507 e. The highest BCUT2D eigenvalue weighted by Gasteiger charge is 2.46. The number of carbonyl (C=O) groups excluding carboxylic acids is 2. The molecule has 0 radical (unpaired) electrons. The van der Waals surface area contributed by atoms with Gasteiger partial charge in [0.1, 0.15) is 5.76 Å². The maximum absolute atomic E-state index is 13.2. The fourth-order valence-corrected chi connectivity index (χ4v) is 4.14. The van der Waals surface area contributed by atoms with E-state index >= 15 is 0 Å². The van der Waals surface area contributed by atoms with Crippen molar-refractivity contribution in [3.8, 4) is 17.2 Å². The van der Waals surface area contributed by atoms with Gasteiger partial charge in [-0.05, 0) is 51.7 Å². The number of carbonyl (C=O) groups is 2. The monoisotopic (exact) mass is 468 g/mol. The fourth-order valence-electron chi connectivity index (χ4n) is 4.14. The minimum absolute atomic E-state index is 0.0352. The fraction of sp³-hybridized carbons (Fsp3) is 0.385. The highest BCUT2D eigenvalue weighted by Crippen LogP contribution is 2.45. The van der Waals surface area contributed by atoms with E-state index in [0.717, 1.165) is 12.1 Å². The molecular weight excluding hydrogens is 436 g/mol. The standard InChI is InChI=1S/C26H32N2O6/c1-16-8-10-17(11-9-16)23(29)21-22(28(26(31)24(21)30)13-7-12-27(2)3)18-14-19(32-4)25(34-6)20(15-18)33-5/h8-11,14-15,22,29H,7,12-13H2,1-6H3/b23-21+/t22-/m1/s1. The molecule has 8 nitrogen and oxygen atoms in total. The van der Waals surface area contributed by atoms with Crippen LogP contribution in [-0.4, -0.2) is 75.1 Å². The zero-order chi connectivity index (χ0) is 25.0. The van der Waals surface area contributed by atoms with Crippen molar-refractivity contribution in [3.63, 3.8) is 0 Å². The second-order valence-corrected chi connectivity index (χ2v) is 8.47. The summed E-state index contributed by atoms with van der Waals surface area (Å²) in [5.74, 6) is -0.394. The second-order valence-electron chi connectivity index (χ2n) is 8.47. The van der Waals surface area contributed by atoms with Crippen LogP contribution in [0.25, 0.3) is 5.76 Å². The van der Waals surface area contributed by atoms with E-state index in [1.807, 2.05) is 38.1 Å². The Morgan fingerprint density at radius 2 is 1.59 bits per heavy atom. The molecule has 1 aliphatic heterocycles. The van der Waals surface area contributed by atoms with Crippen LogP contribution in [0, 0.1) is 6.92 Å². The summed E-state index contributed by atoms with van der Waals surface area (Å²) in [5.41, 5.74) is 2.09. The van der Waals surface area contributed by atoms with Crippen LogP contribution in [0.15, 0.2) is 42.0 Å². The van der Waals surface area contributed by atoms with Crippen molar-refractivity contribution in [2.45, 2.75) is 19.4 Å². The first-order valence-electron chi connectivity index (χ1n) is 11.0. The number of Topliss-reactive ketones (excluding diaryl/α,β-unsaturated/α-hetero) is 1. The summed E-state index contributed by atoms with van der Waals surface area (Å²) in [4.78, 5) is 29.8. The van der Waals surface area contributed by atoms with Crippen LogP contribution in [-0.2, 0) is 9.59 Å². The molecule has 2 aromatic carbocycles. The van der Waals surface area contributed by atoms with Crippen LogP contribution in [0.5, 0.6) is 17.2 Å². The number of aliphatic hydroxyl groups is 1. The Morgan fingerprint density at radius 3 is 2.09 bits per heavy atom. The molecule has 182 valence electrons. The predicted molar refractivity (Wildman–Crippen MR) is 129 cm³/mol. The van der Waals surface area contributed by atoms with E-state index in [1.54, 1.807) is 24.3 Å². The van der Waals surface area contributed by atoms with Gasteiger partial charge in [-0.3, -0.25) is 9.59 Å². The number of rotatable bonds is 9. The molecule has 0 saturated carbocycles. The van der Waals surface area contributed by atoms with E-state index in [0.29, 0.717) is 41.3 Å². The zero-order valence-corrected chi connectivity index (χ0v) is 20.5. The van der Waals surface area contributed by atoms with Gasteiger partial charge in [0.05, 0.1) is 32.9 Å². The van der Waals surface area contributed by atoms with Crippen LogP contribution < -0.4 is 14.2 Å². The van der Waals surface area contributed by atoms with Crippen molar-refractivity contribution >= 4 is 17.4 Å². The molecule has 0 spiro atoms. The number of likely N-dealkylation sites (tertiary alicyclic amines) is 1. The Hall–Kier alpha value is -3.52. The van der Waals surface area contributed by atoms with Gasteiger partial charge in [0.2, 0.25) is 5.75 Å². The number of ketones is 1. The Labute approximate surface area is 200 Å². The summed E-state index contributed by atoms with van der Waals surface area (Å²) >= 11 is 0. The lowest BCUT2D eigenvalue weighted by atomic mass is 9.94. The quantitative estimate of drug-likeness (QED) is 0.343. The number of benzene rings is 2. The molecule has 1 aliphatic rings. The van der Waals surface area contributed by atoms with Crippen molar-refractivity contribution in [2.75, 3.05) is 48.5 Å². The van der Waals surface area contributed by atoms with Crippen LogP contribution in [0.1, 0.15) is 29.2 Å². The molecule has 1 amide bonds. The van der Waals surface area contributed by atoms with E-state index < -0.39 is 17.7 Å². The minimum Gasteiger partial charge on any atom is -0.507 e. The van der Waals surface area contributed by atoms with Gasteiger partial charge in [-0.15, -0.1) is 0 Å². The molecule has 2 aromatic rings. The summed E-state index contributed by atoms with van der Waals surface area (Å²) in [6, 6.07) is 9.76. The molecule has 1 saturated heterocycles. The van der Waals surface area contributed by atoms with Crippen molar-refractivity contribution in [2.24, 2.45) is 0 Å². The van der Waals surface area contributed by atoms with Crippen molar-refractivity contribution in [3.05, 3.63) is 58.7 Å². The molecule has 8 heteroatoms. The molecular formula is C26H32N2O6. The summed E-state index contributed by atoms with van der Waals surface area (Å²) in [7, 11) is 8.40. The Morgan fingerprint density at radius 1 is 1.00 bits per heavy atom. The lowest BCUT2D eigenvalue weighted by molar-refractivity contribution is -0.139. The van der Waals surface area contributed by atoms with E-state index in [4.69, 9.17) is 14.2 Å². The highest BCUT2D eigenvalue weighted by molar-refractivity contribution is 6.46. The van der Waals surface area contributed by atoms with Gasteiger partial charge < -0.3 is 29.1 Å².